The summed E-state index contributed by atoms with van der Waals surface area (Å²) >= 11 is 0. The molecule has 8 nitrogen and oxygen atoms in total. The number of carbonyl (C=O) groups excluding carboxylic acids is 3. The maximum Gasteiger partial charge on any atom is 0.343 e. The van der Waals surface area contributed by atoms with Crippen LogP contribution in [-0.2, 0) is 19.1 Å². The lowest BCUT2D eigenvalue weighted by molar-refractivity contribution is -0.139. The van der Waals surface area contributed by atoms with E-state index in [1.807, 2.05) is 0 Å². The van der Waals surface area contributed by atoms with Gasteiger partial charge in [0.1, 0.15) is 12.4 Å². The number of benzene rings is 2. The van der Waals surface area contributed by atoms with Crippen molar-refractivity contribution in [2.45, 2.75) is 39.0 Å². The monoisotopic (exact) mass is 534 g/mol. The summed E-state index contributed by atoms with van der Waals surface area (Å²) in [6.45, 7) is 6.25. The van der Waals surface area contributed by atoms with E-state index < -0.39 is 11.9 Å². The number of esters is 3. The standard InChI is InChI=1S/C31H34O8/c1-5-6-19-37-29(32)18-12-24-11-17-27(28(22-24)35-4)39-31(34)25-13-15-26(16-14-25)36-20-9-7-8-10-21-38-30(33)23(2)3/h1,11-18,22H,2,6-10,19-21H2,3-4H3. The molecule has 0 amide bonds. The average molecular weight is 535 g/mol. The Hall–Kier alpha value is -4.51. The molecule has 206 valence electrons. The van der Waals surface area contributed by atoms with Gasteiger partial charge in [0, 0.05) is 18.1 Å². The Balaban J connectivity index is 1.78. The van der Waals surface area contributed by atoms with Crippen LogP contribution in [0.25, 0.3) is 6.08 Å². The van der Waals surface area contributed by atoms with Crippen LogP contribution in [0.2, 0.25) is 0 Å². The maximum atomic E-state index is 12.6. The molecule has 0 atom stereocenters. The number of hydrogen-bond donors (Lipinski definition) is 0. The molecule has 0 heterocycles. The number of methoxy groups -OCH3 is 1. The van der Waals surface area contributed by atoms with E-state index in [4.69, 9.17) is 30.1 Å². The molecule has 0 saturated heterocycles. The Kier molecular flexibility index (Phi) is 13.5. The minimum atomic E-state index is -0.549. The zero-order valence-electron chi connectivity index (χ0n) is 22.4. The lowest BCUT2D eigenvalue weighted by Gasteiger charge is -2.11. The summed E-state index contributed by atoms with van der Waals surface area (Å²) in [5.41, 5.74) is 1.42. The van der Waals surface area contributed by atoms with Gasteiger partial charge in [-0.05, 0) is 80.6 Å². The third-order valence-electron chi connectivity index (χ3n) is 5.27. The van der Waals surface area contributed by atoms with Gasteiger partial charge in [0.05, 0.1) is 25.9 Å². The molecule has 39 heavy (non-hydrogen) atoms. The van der Waals surface area contributed by atoms with Crippen molar-refractivity contribution in [2.24, 2.45) is 0 Å². The van der Waals surface area contributed by atoms with E-state index in [1.54, 1.807) is 55.5 Å². The summed E-state index contributed by atoms with van der Waals surface area (Å²) in [5.74, 6) is 2.20. The minimum Gasteiger partial charge on any atom is -0.494 e. The lowest BCUT2D eigenvalue weighted by Crippen LogP contribution is -2.09. The molecule has 0 bridgehead atoms. The van der Waals surface area contributed by atoms with Crippen LogP contribution in [0.4, 0.5) is 0 Å². The number of terminal acetylenes is 1. The highest BCUT2D eigenvalue weighted by Crippen LogP contribution is 2.29. The van der Waals surface area contributed by atoms with Crippen LogP contribution in [-0.4, -0.2) is 44.8 Å². The highest BCUT2D eigenvalue weighted by Gasteiger charge is 2.13. The Bertz CT molecular complexity index is 1190. The molecule has 2 aromatic rings. The number of rotatable bonds is 16. The van der Waals surface area contributed by atoms with Gasteiger partial charge in [-0.3, -0.25) is 0 Å². The fourth-order valence-corrected chi connectivity index (χ4v) is 3.18. The number of hydrogen-bond acceptors (Lipinski definition) is 8. The maximum absolute atomic E-state index is 12.6. The number of ether oxygens (including phenoxy) is 5. The third-order valence-corrected chi connectivity index (χ3v) is 5.27. The second-order valence-electron chi connectivity index (χ2n) is 8.46. The van der Waals surface area contributed by atoms with E-state index >= 15 is 0 Å². The Labute approximate surface area is 229 Å². The Morgan fingerprint density at radius 3 is 2.31 bits per heavy atom. The molecule has 8 heteroatoms. The zero-order valence-corrected chi connectivity index (χ0v) is 22.4. The Morgan fingerprint density at radius 1 is 0.923 bits per heavy atom. The Morgan fingerprint density at radius 2 is 1.64 bits per heavy atom. The minimum absolute atomic E-state index is 0.156. The van der Waals surface area contributed by atoms with Gasteiger partial charge >= 0.3 is 17.9 Å². The highest BCUT2D eigenvalue weighted by atomic mass is 16.6. The fraction of sp³-hybridized carbons (Fsp3) is 0.323. The topological polar surface area (TPSA) is 97.4 Å². The van der Waals surface area contributed by atoms with E-state index in [1.165, 1.54) is 13.2 Å². The van der Waals surface area contributed by atoms with E-state index in [0.29, 0.717) is 47.8 Å². The van der Waals surface area contributed by atoms with Crippen LogP contribution in [0.15, 0.2) is 60.7 Å². The second-order valence-corrected chi connectivity index (χ2v) is 8.46. The first-order valence-electron chi connectivity index (χ1n) is 12.6. The molecule has 0 spiro atoms. The van der Waals surface area contributed by atoms with E-state index in [-0.39, 0.29) is 18.3 Å². The average Bonchev–Trinajstić information content (AvgIpc) is 2.94. The smallest absolute Gasteiger partial charge is 0.343 e. The summed E-state index contributed by atoms with van der Waals surface area (Å²) in [7, 11) is 1.46. The summed E-state index contributed by atoms with van der Waals surface area (Å²) in [6, 6.07) is 11.6. The number of unbranched alkanes of at least 4 members (excludes halogenated alkanes) is 3. The van der Waals surface area contributed by atoms with E-state index in [0.717, 1.165) is 25.7 Å². The quantitative estimate of drug-likeness (QED) is 0.0909. The molecule has 0 aliphatic rings. The van der Waals surface area contributed by atoms with Crippen LogP contribution in [0, 0.1) is 12.3 Å². The van der Waals surface area contributed by atoms with Crippen molar-refractivity contribution in [1.82, 2.24) is 0 Å². The molecule has 0 aliphatic heterocycles. The third kappa shape index (κ3) is 11.6. The summed E-state index contributed by atoms with van der Waals surface area (Å²) in [4.78, 5) is 35.6. The first-order chi connectivity index (χ1) is 18.8. The zero-order chi connectivity index (χ0) is 28.5. The van der Waals surface area contributed by atoms with Gasteiger partial charge in [-0.1, -0.05) is 12.6 Å². The predicted molar refractivity (Wildman–Crippen MR) is 148 cm³/mol. The SMILES string of the molecule is C#CCCOC(=O)C=Cc1ccc(OC(=O)c2ccc(OCCCCCCOC(=O)C(=C)C)cc2)c(OC)c1. The molecule has 2 rings (SSSR count). The molecule has 0 aromatic heterocycles. The van der Waals surface area contributed by atoms with Crippen molar-refractivity contribution in [3.8, 4) is 29.6 Å². The molecule has 0 radical (unpaired) electrons. The van der Waals surface area contributed by atoms with Gasteiger partial charge in [0.2, 0.25) is 0 Å². The molecule has 2 aromatic carbocycles. The number of carbonyl (C=O) groups is 3. The van der Waals surface area contributed by atoms with Crippen LogP contribution < -0.4 is 14.2 Å². The van der Waals surface area contributed by atoms with Gasteiger partial charge in [-0.25, -0.2) is 14.4 Å². The largest absolute Gasteiger partial charge is 0.494 e. The first kappa shape index (κ1) is 30.7. The van der Waals surface area contributed by atoms with Crippen molar-refractivity contribution in [1.29, 1.82) is 0 Å². The van der Waals surface area contributed by atoms with E-state index in [2.05, 4.69) is 12.5 Å². The van der Waals surface area contributed by atoms with Crippen LogP contribution in [0.5, 0.6) is 17.2 Å². The van der Waals surface area contributed by atoms with Gasteiger partial charge in [-0.15, -0.1) is 12.3 Å². The second kappa shape index (κ2) is 17.1. The summed E-state index contributed by atoms with van der Waals surface area (Å²) < 4.78 is 26.6. The van der Waals surface area contributed by atoms with Crippen LogP contribution >= 0.6 is 0 Å². The van der Waals surface area contributed by atoms with Crippen LogP contribution in [0.3, 0.4) is 0 Å². The van der Waals surface area contributed by atoms with Crippen molar-refractivity contribution < 1.29 is 38.1 Å². The van der Waals surface area contributed by atoms with Crippen molar-refractivity contribution in [2.75, 3.05) is 26.9 Å². The molecule has 0 fully saturated rings. The van der Waals surface area contributed by atoms with Crippen molar-refractivity contribution in [3.05, 3.63) is 71.8 Å². The molecule has 0 unspecified atom stereocenters. The molecule has 0 N–H and O–H groups in total. The van der Waals surface area contributed by atoms with Crippen molar-refractivity contribution >= 4 is 24.0 Å². The highest BCUT2D eigenvalue weighted by molar-refractivity contribution is 5.91. The van der Waals surface area contributed by atoms with Crippen LogP contribution in [0.1, 0.15) is 54.9 Å². The van der Waals surface area contributed by atoms with E-state index in [9.17, 15) is 14.4 Å². The normalized spacial score (nSPS) is 10.4. The molecule has 0 saturated carbocycles. The molecule has 0 aliphatic carbocycles. The van der Waals surface area contributed by atoms with Gasteiger partial charge in [-0.2, -0.15) is 0 Å². The molecular weight excluding hydrogens is 500 g/mol. The summed E-state index contributed by atoms with van der Waals surface area (Å²) in [5, 5.41) is 0. The summed E-state index contributed by atoms with van der Waals surface area (Å²) in [6.07, 6.45) is 11.8. The predicted octanol–water partition coefficient (Wildman–Crippen LogP) is 5.55. The lowest BCUT2D eigenvalue weighted by atomic mass is 10.2. The fourth-order valence-electron chi connectivity index (χ4n) is 3.18. The molecular formula is C31H34O8. The van der Waals surface area contributed by atoms with Gasteiger partial charge in [0.15, 0.2) is 11.5 Å². The van der Waals surface area contributed by atoms with Gasteiger partial charge in [0.25, 0.3) is 0 Å². The van der Waals surface area contributed by atoms with Gasteiger partial charge < -0.3 is 23.7 Å². The van der Waals surface area contributed by atoms with Crippen molar-refractivity contribution in [3.63, 3.8) is 0 Å². The first-order valence-corrected chi connectivity index (χ1v) is 12.6.